The van der Waals surface area contributed by atoms with Crippen LogP contribution in [0.1, 0.15) is 5.56 Å². The summed E-state index contributed by atoms with van der Waals surface area (Å²) >= 11 is 0. The number of hydrogen-bond donors (Lipinski definition) is 2. The first-order valence-electron chi connectivity index (χ1n) is 6.01. The van der Waals surface area contributed by atoms with E-state index in [0.717, 1.165) is 5.56 Å². The molecule has 0 atom stereocenters. The molecule has 2 aromatic rings. The first-order valence-corrected chi connectivity index (χ1v) is 7.45. The molecular formula is C13H17N3O2S. The lowest BCUT2D eigenvalue weighted by Gasteiger charge is -2.20. The van der Waals surface area contributed by atoms with E-state index in [-0.39, 0.29) is 11.4 Å². The Balaban J connectivity index is 2.26. The third kappa shape index (κ3) is 3.23. The van der Waals surface area contributed by atoms with Crippen LogP contribution in [0.15, 0.2) is 53.7 Å². The van der Waals surface area contributed by atoms with Crippen LogP contribution >= 0.6 is 0 Å². The van der Waals surface area contributed by atoms with Crippen molar-refractivity contribution in [3.05, 3.63) is 54.4 Å². The highest BCUT2D eigenvalue weighted by atomic mass is 32.2. The minimum Gasteiger partial charge on any atom is -0.366 e. The number of H-pyrrole nitrogens is 1. The SMILES string of the molecule is NCCN(Cc1ccccc1)S(=O)(=O)c1cc[nH]c1. The largest absolute Gasteiger partial charge is 0.366 e. The van der Waals surface area contributed by atoms with Crippen molar-refractivity contribution in [3.8, 4) is 0 Å². The van der Waals surface area contributed by atoms with Gasteiger partial charge in [-0.1, -0.05) is 30.3 Å². The maximum atomic E-state index is 12.4. The van der Waals surface area contributed by atoms with Gasteiger partial charge in [0.25, 0.3) is 0 Å². The van der Waals surface area contributed by atoms with E-state index >= 15 is 0 Å². The number of aromatic amines is 1. The second kappa shape index (κ2) is 6.01. The molecule has 5 nitrogen and oxygen atoms in total. The van der Waals surface area contributed by atoms with Crippen molar-refractivity contribution in [1.29, 1.82) is 0 Å². The average molecular weight is 279 g/mol. The van der Waals surface area contributed by atoms with Crippen LogP contribution in [0.2, 0.25) is 0 Å². The van der Waals surface area contributed by atoms with E-state index in [0.29, 0.717) is 13.1 Å². The molecule has 0 saturated heterocycles. The number of hydrogen-bond acceptors (Lipinski definition) is 3. The zero-order chi connectivity index (χ0) is 13.7. The second-order valence-corrected chi connectivity index (χ2v) is 6.10. The average Bonchev–Trinajstić information content (AvgIpc) is 2.94. The molecule has 0 radical (unpaired) electrons. The summed E-state index contributed by atoms with van der Waals surface area (Å²) in [4.78, 5) is 3.02. The van der Waals surface area contributed by atoms with E-state index < -0.39 is 10.0 Å². The Kier molecular flexibility index (Phi) is 4.36. The highest BCUT2D eigenvalue weighted by Gasteiger charge is 2.24. The van der Waals surface area contributed by atoms with Gasteiger partial charge in [-0.3, -0.25) is 0 Å². The molecule has 0 aliphatic heterocycles. The predicted molar refractivity (Wildman–Crippen MR) is 73.9 cm³/mol. The number of aromatic nitrogens is 1. The molecule has 1 aromatic carbocycles. The topological polar surface area (TPSA) is 79.2 Å². The number of nitrogens with one attached hydrogen (secondary N) is 1. The molecule has 0 amide bonds. The van der Waals surface area contributed by atoms with Crippen molar-refractivity contribution < 1.29 is 8.42 Å². The van der Waals surface area contributed by atoms with Gasteiger partial charge in [0.1, 0.15) is 0 Å². The fourth-order valence-electron chi connectivity index (χ4n) is 1.83. The smallest absolute Gasteiger partial charge is 0.244 e. The van der Waals surface area contributed by atoms with Gasteiger partial charge in [-0.2, -0.15) is 4.31 Å². The van der Waals surface area contributed by atoms with Crippen molar-refractivity contribution in [3.63, 3.8) is 0 Å². The molecule has 0 unspecified atom stereocenters. The minimum absolute atomic E-state index is 0.261. The van der Waals surface area contributed by atoms with Crippen molar-refractivity contribution in [2.75, 3.05) is 13.1 Å². The predicted octanol–water partition coefficient (Wildman–Crippen LogP) is 1.16. The van der Waals surface area contributed by atoms with Gasteiger partial charge in [0.05, 0.1) is 4.90 Å². The Morgan fingerprint density at radius 3 is 2.47 bits per heavy atom. The van der Waals surface area contributed by atoms with Gasteiger partial charge >= 0.3 is 0 Å². The first kappa shape index (κ1) is 13.8. The van der Waals surface area contributed by atoms with Gasteiger partial charge in [0.2, 0.25) is 10.0 Å². The molecule has 2 rings (SSSR count). The van der Waals surface area contributed by atoms with E-state index in [1.807, 2.05) is 30.3 Å². The van der Waals surface area contributed by atoms with Gasteiger partial charge in [0, 0.05) is 32.0 Å². The van der Waals surface area contributed by atoms with E-state index in [9.17, 15) is 8.42 Å². The maximum absolute atomic E-state index is 12.4. The Labute approximate surface area is 113 Å². The van der Waals surface area contributed by atoms with Gasteiger partial charge < -0.3 is 10.7 Å². The third-order valence-electron chi connectivity index (χ3n) is 2.79. The van der Waals surface area contributed by atoms with Crippen LogP contribution in [0.5, 0.6) is 0 Å². The fraction of sp³-hybridized carbons (Fsp3) is 0.231. The maximum Gasteiger partial charge on any atom is 0.244 e. The number of nitrogens with zero attached hydrogens (tertiary/aromatic N) is 1. The Morgan fingerprint density at radius 2 is 1.89 bits per heavy atom. The number of nitrogens with two attached hydrogens (primary N) is 1. The summed E-state index contributed by atoms with van der Waals surface area (Å²) in [5, 5.41) is 0. The van der Waals surface area contributed by atoms with Crippen molar-refractivity contribution >= 4 is 10.0 Å². The van der Waals surface area contributed by atoms with E-state index in [1.165, 1.54) is 10.5 Å². The molecule has 0 saturated carbocycles. The van der Waals surface area contributed by atoms with E-state index in [1.54, 1.807) is 12.3 Å². The van der Waals surface area contributed by atoms with Crippen LogP contribution in [0.3, 0.4) is 0 Å². The van der Waals surface area contributed by atoms with Crippen molar-refractivity contribution in [2.24, 2.45) is 5.73 Å². The lowest BCUT2D eigenvalue weighted by molar-refractivity contribution is 0.414. The second-order valence-electron chi connectivity index (χ2n) is 4.16. The monoisotopic (exact) mass is 279 g/mol. The van der Waals surface area contributed by atoms with Gasteiger partial charge in [-0.25, -0.2) is 8.42 Å². The highest BCUT2D eigenvalue weighted by molar-refractivity contribution is 7.89. The molecule has 6 heteroatoms. The van der Waals surface area contributed by atoms with Crippen LogP contribution in [0.25, 0.3) is 0 Å². The molecule has 19 heavy (non-hydrogen) atoms. The van der Waals surface area contributed by atoms with Crippen LogP contribution < -0.4 is 5.73 Å². The summed E-state index contributed by atoms with van der Waals surface area (Å²) in [5.74, 6) is 0. The Hall–Kier alpha value is -1.63. The molecule has 0 aliphatic rings. The van der Waals surface area contributed by atoms with Crippen LogP contribution in [0.4, 0.5) is 0 Å². The zero-order valence-electron chi connectivity index (χ0n) is 10.5. The fourth-order valence-corrected chi connectivity index (χ4v) is 3.25. The summed E-state index contributed by atoms with van der Waals surface area (Å²) < 4.78 is 26.3. The number of rotatable bonds is 6. The van der Waals surface area contributed by atoms with Crippen LogP contribution in [-0.2, 0) is 16.6 Å². The summed E-state index contributed by atoms with van der Waals surface area (Å²) in [5.41, 5.74) is 6.46. The Morgan fingerprint density at radius 1 is 1.16 bits per heavy atom. The summed E-state index contributed by atoms with van der Waals surface area (Å²) in [6.45, 7) is 0.907. The standard InChI is InChI=1S/C13H17N3O2S/c14-7-9-16(11-12-4-2-1-3-5-12)19(17,18)13-6-8-15-10-13/h1-6,8,10,15H,7,9,11,14H2. The molecule has 1 aromatic heterocycles. The lowest BCUT2D eigenvalue weighted by Crippen LogP contribution is -2.34. The van der Waals surface area contributed by atoms with Crippen molar-refractivity contribution in [1.82, 2.24) is 9.29 Å². The summed E-state index contributed by atoms with van der Waals surface area (Å²) in [6, 6.07) is 11.0. The number of benzene rings is 1. The van der Waals surface area contributed by atoms with Gasteiger partial charge in [-0.15, -0.1) is 0 Å². The first-order chi connectivity index (χ1) is 9.14. The molecular weight excluding hydrogens is 262 g/mol. The summed E-state index contributed by atoms with van der Waals surface area (Å²) in [7, 11) is -3.50. The zero-order valence-corrected chi connectivity index (χ0v) is 11.3. The van der Waals surface area contributed by atoms with E-state index in [4.69, 9.17) is 5.73 Å². The van der Waals surface area contributed by atoms with Gasteiger partial charge in [-0.05, 0) is 11.6 Å². The lowest BCUT2D eigenvalue weighted by atomic mass is 10.2. The molecule has 102 valence electrons. The van der Waals surface area contributed by atoms with Gasteiger partial charge in [0.15, 0.2) is 0 Å². The molecule has 3 N–H and O–H groups in total. The quantitative estimate of drug-likeness (QED) is 0.833. The van der Waals surface area contributed by atoms with Crippen molar-refractivity contribution in [2.45, 2.75) is 11.4 Å². The van der Waals surface area contributed by atoms with Crippen LogP contribution in [-0.4, -0.2) is 30.8 Å². The number of sulfonamides is 1. The summed E-state index contributed by atoms with van der Waals surface area (Å²) in [6.07, 6.45) is 3.07. The highest BCUT2D eigenvalue weighted by Crippen LogP contribution is 2.17. The normalized spacial score (nSPS) is 11.9. The molecule has 0 bridgehead atoms. The molecule has 1 heterocycles. The van der Waals surface area contributed by atoms with E-state index in [2.05, 4.69) is 4.98 Å². The Bertz CT molecular complexity index is 594. The molecule has 0 aliphatic carbocycles. The molecule has 0 fully saturated rings. The van der Waals surface area contributed by atoms with Crippen LogP contribution in [0, 0.1) is 0 Å². The minimum atomic E-state index is -3.50. The molecule has 0 spiro atoms. The third-order valence-corrected chi connectivity index (χ3v) is 4.63.